The Kier molecular flexibility index (Phi) is 5.51. The van der Waals surface area contributed by atoms with E-state index in [1.165, 1.54) is 21.3 Å². The molecular weight excluding hydrogens is 414 g/mol. The quantitative estimate of drug-likeness (QED) is 0.525. The Balaban J connectivity index is 2.00. The summed E-state index contributed by atoms with van der Waals surface area (Å²) >= 11 is 3.45. The number of hydrogen-bond acceptors (Lipinski definition) is 6. The van der Waals surface area contributed by atoms with Crippen molar-refractivity contribution in [2.24, 2.45) is 4.99 Å². The van der Waals surface area contributed by atoms with E-state index in [1.807, 2.05) is 25.1 Å². The highest BCUT2D eigenvalue weighted by Crippen LogP contribution is 2.39. The maximum absolute atomic E-state index is 12.2. The Bertz CT molecular complexity index is 940. The summed E-state index contributed by atoms with van der Waals surface area (Å²) in [6, 6.07) is 9.10. The molecule has 0 amide bonds. The van der Waals surface area contributed by atoms with Crippen LogP contribution >= 0.6 is 15.9 Å². The number of hydrogen-bond donors (Lipinski definition) is 0. The van der Waals surface area contributed by atoms with Gasteiger partial charge >= 0.3 is 5.97 Å². The lowest BCUT2D eigenvalue weighted by atomic mass is 10.1. The van der Waals surface area contributed by atoms with Gasteiger partial charge in [-0.05, 0) is 54.5 Å². The molecule has 0 radical (unpaired) electrons. The fraction of sp³-hybridized carbons (Fsp3) is 0.200. The monoisotopic (exact) mass is 431 g/mol. The molecule has 2 aromatic carbocycles. The number of benzene rings is 2. The molecular formula is C20H18BrNO5. The number of aliphatic imine (C=N–C) groups is 1. The van der Waals surface area contributed by atoms with Crippen LogP contribution in [-0.4, -0.2) is 33.2 Å². The van der Waals surface area contributed by atoms with Gasteiger partial charge < -0.3 is 18.9 Å². The van der Waals surface area contributed by atoms with Crippen molar-refractivity contribution in [1.82, 2.24) is 0 Å². The summed E-state index contributed by atoms with van der Waals surface area (Å²) in [4.78, 5) is 16.6. The smallest absolute Gasteiger partial charge is 0.363 e. The van der Waals surface area contributed by atoms with Crippen molar-refractivity contribution in [2.45, 2.75) is 6.92 Å². The molecule has 1 aliphatic rings. The Hall–Kier alpha value is -2.80. The molecule has 140 valence electrons. The molecule has 0 saturated carbocycles. The highest BCUT2D eigenvalue weighted by Gasteiger charge is 2.25. The highest BCUT2D eigenvalue weighted by atomic mass is 79.9. The van der Waals surface area contributed by atoms with Crippen LogP contribution in [0.1, 0.15) is 16.7 Å². The van der Waals surface area contributed by atoms with Crippen LogP contribution in [0.15, 0.2) is 45.5 Å². The van der Waals surface area contributed by atoms with E-state index in [-0.39, 0.29) is 11.6 Å². The van der Waals surface area contributed by atoms with Gasteiger partial charge in [0, 0.05) is 10.0 Å². The van der Waals surface area contributed by atoms with Crippen LogP contribution in [0.5, 0.6) is 17.2 Å². The summed E-state index contributed by atoms with van der Waals surface area (Å²) in [5, 5.41) is 0. The molecule has 2 aromatic rings. The SMILES string of the molecule is COc1cc(C=C2N=C(c3ccc(Br)c(C)c3)OC2=O)cc(OC)c1OC. The number of aryl methyl sites for hydroxylation is 1. The van der Waals surface area contributed by atoms with Crippen molar-refractivity contribution < 1.29 is 23.7 Å². The summed E-state index contributed by atoms with van der Waals surface area (Å²) in [6.07, 6.45) is 1.62. The molecule has 1 aliphatic heterocycles. The van der Waals surface area contributed by atoms with Gasteiger partial charge in [0.25, 0.3) is 0 Å². The number of cyclic esters (lactones) is 1. The third-order valence-corrected chi connectivity index (χ3v) is 4.91. The highest BCUT2D eigenvalue weighted by molar-refractivity contribution is 9.10. The van der Waals surface area contributed by atoms with Crippen molar-refractivity contribution in [3.63, 3.8) is 0 Å². The van der Waals surface area contributed by atoms with Crippen LogP contribution in [0.2, 0.25) is 0 Å². The van der Waals surface area contributed by atoms with Crippen molar-refractivity contribution >= 4 is 33.9 Å². The molecule has 1 heterocycles. The molecule has 0 atom stereocenters. The topological polar surface area (TPSA) is 66.4 Å². The average Bonchev–Trinajstić information content (AvgIpc) is 3.03. The van der Waals surface area contributed by atoms with Crippen LogP contribution in [0.3, 0.4) is 0 Å². The molecule has 0 aliphatic carbocycles. The largest absolute Gasteiger partial charge is 0.493 e. The Morgan fingerprint density at radius 1 is 1.04 bits per heavy atom. The minimum atomic E-state index is -0.515. The van der Waals surface area contributed by atoms with E-state index >= 15 is 0 Å². The van der Waals surface area contributed by atoms with Crippen LogP contribution in [0.4, 0.5) is 0 Å². The van der Waals surface area contributed by atoms with Crippen molar-refractivity contribution in [1.29, 1.82) is 0 Å². The number of halogens is 1. The molecule has 0 saturated heterocycles. The lowest BCUT2D eigenvalue weighted by Crippen LogP contribution is -2.05. The summed E-state index contributed by atoms with van der Waals surface area (Å²) < 4.78 is 22.3. The van der Waals surface area contributed by atoms with E-state index < -0.39 is 5.97 Å². The van der Waals surface area contributed by atoms with Gasteiger partial charge in [-0.3, -0.25) is 0 Å². The average molecular weight is 432 g/mol. The zero-order valence-electron chi connectivity index (χ0n) is 15.3. The van der Waals surface area contributed by atoms with E-state index in [9.17, 15) is 4.79 Å². The maximum Gasteiger partial charge on any atom is 0.363 e. The molecule has 3 rings (SSSR count). The van der Waals surface area contributed by atoms with Gasteiger partial charge in [-0.2, -0.15) is 0 Å². The normalized spacial score (nSPS) is 14.8. The number of carbonyl (C=O) groups excluding carboxylic acids is 1. The number of carbonyl (C=O) groups is 1. The van der Waals surface area contributed by atoms with Gasteiger partial charge in [-0.25, -0.2) is 9.79 Å². The molecule has 7 heteroatoms. The Morgan fingerprint density at radius 2 is 1.70 bits per heavy atom. The lowest BCUT2D eigenvalue weighted by molar-refractivity contribution is -0.129. The van der Waals surface area contributed by atoms with Crippen molar-refractivity contribution in [3.8, 4) is 17.2 Å². The lowest BCUT2D eigenvalue weighted by Gasteiger charge is -2.12. The van der Waals surface area contributed by atoms with Crippen molar-refractivity contribution in [3.05, 3.63) is 57.2 Å². The maximum atomic E-state index is 12.2. The molecule has 0 bridgehead atoms. The van der Waals surface area contributed by atoms with E-state index in [0.717, 1.165) is 15.6 Å². The molecule has 6 nitrogen and oxygen atoms in total. The third-order valence-electron chi connectivity index (χ3n) is 4.02. The third kappa shape index (κ3) is 3.83. The predicted octanol–water partition coefficient (Wildman–Crippen LogP) is 4.13. The summed E-state index contributed by atoms with van der Waals surface area (Å²) in [5.74, 6) is 1.21. The summed E-state index contributed by atoms with van der Waals surface area (Å²) in [6.45, 7) is 1.96. The summed E-state index contributed by atoms with van der Waals surface area (Å²) in [5.41, 5.74) is 2.62. The first-order valence-electron chi connectivity index (χ1n) is 8.06. The first kappa shape index (κ1) is 19.0. The fourth-order valence-electron chi connectivity index (χ4n) is 2.65. The zero-order valence-corrected chi connectivity index (χ0v) is 16.9. The number of ether oxygens (including phenoxy) is 4. The fourth-order valence-corrected chi connectivity index (χ4v) is 2.90. The van der Waals surface area contributed by atoms with Gasteiger partial charge in [-0.1, -0.05) is 15.9 Å². The molecule has 0 N–H and O–H groups in total. The van der Waals surface area contributed by atoms with Gasteiger partial charge in [-0.15, -0.1) is 0 Å². The minimum Gasteiger partial charge on any atom is -0.493 e. The molecule has 0 spiro atoms. The number of rotatable bonds is 5. The van der Waals surface area contributed by atoms with Gasteiger partial charge in [0.15, 0.2) is 17.2 Å². The van der Waals surface area contributed by atoms with E-state index in [0.29, 0.717) is 22.8 Å². The Labute approximate surface area is 165 Å². The molecule has 27 heavy (non-hydrogen) atoms. The number of methoxy groups -OCH3 is 3. The van der Waals surface area contributed by atoms with E-state index in [4.69, 9.17) is 18.9 Å². The second-order valence-electron chi connectivity index (χ2n) is 5.76. The van der Waals surface area contributed by atoms with Crippen LogP contribution in [0, 0.1) is 6.92 Å². The minimum absolute atomic E-state index is 0.194. The van der Waals surface area contributed by atoms with Crippen molar-refractivity contribution in [2.75, 3.05) is 21.3 Å². The van der Waals surface area contributed by atoms with Gasteiger partial charge in [0.05, 0.1) is 21.3 Å². The summed E-state index contributed by atoms with van der Waals surface area (Å²) in [7, 11) is 4.60. The standard InChI is InChI=1S/C20H18BrNO5/c1-11-7-13(5-6-14(11)21)19-22-15(20(23)27-19)8-12-9-16(24-2)18(26-4)17(10-12)25-3/h5-10H,1-4H3. The second-order valence-corrected chi connectivity index (χ2v) is 6.61. The van der Waals surface area contributed by atoms with Gasteiger partial charge in [0.2, 0.25) is 11.6 Å². The van der Waals surface area contributed by atoms with Crippen LogP contribution in [0.25, 0.3) is 6.08 Å². The van der Waals surface area contributed by atoms with Crippen LogP contribution < -0.4 is 14.2 Å². The molecule has 0 aromatic heterocycles. The second kappa shape index (κ2) is 7.84. The van der Waals surface area contributed by atoms with Gasteiger partial charge in [0.1, 0.15) is 0 Å². The molecule has 0 fully saturated rings. The Morgan fingerprint density at radius 3 is 2.26 bits per heavy atom. The van der Waals surface area contributed by atoms with Crippen LogP contribution in [-0.2, 0) is 9.53 Å². The molecule has 0 unspecified atom stereocenters. The number of esters is 1. The van der Waals surface area contributed by atoms with E-state index in [2.05, 4.69) is 20.9 Å². The first-order valence-corrected chi connectivity index (χ1v) is 8.85. The number of nitrogens with zero attached hydrogens (tertiary/aromatic N) is 1. The predicted molar refractivity (Wildman–Crippen MR) is 106 cm³/mol. The first-order chi connectivity index (χ1) is 13.0. The van der Waals surface area contributed by atoms with E-state index in [1.54, 1.807) is 18.2 Å². The zero-order chi connectivity index (χ0) is 19.6.